The number of carbonyl (C=O) groups excluding carboxylic acids is 1. The first-order chi connectivity index (χ1) is 12.4. The fourth-order valence-electron chi connectivity index (χ4n) is 2.66. The van der Waals surface area contributed by atoms with Gasteiger partial charge in [0.2, 0.25) is 0 Å². The van der Waals surface area contributed by atoms with Crippen molar-refractivity contribution in [3.8, 4) is 16.9 Å². The maximum Gasteiger partial charge on any atom is 0.513 e. The van der Waals surface area contributed by atoms with E-state index in [1.165, 1.54) is 6.92 Å². The lowest BCUT2D eigenvalue weighted by molar-refractivity contribution is -0.385. The molecule has 0 unspecified atom stereocenters. The van der Waals surface area contributed by atoms with E-state index in [2.05, 4.69) is 15.3 Å². The molecule has 2 aromatic heterocycles. The van der Waals surface area contributed by atoms with E-state index >= 15 is 0 Å². The number of carbonyl (C=O) groups is 1. The van der Waals surface area contributed by atoms with Crippen LogP contribution in [0.4, 0.5) is 10.5 Å². The van der Waals surface area contributed by atoms with Gasteiger partial charge in [-0.15, -0.1) is 0 Å². The lowest BCUT2D eigenvalue weighted by Crippen LogP contribution is -2.13. The minimum absolute atomic E-state index is 0.0642. The lowest BCUT2D eigenvalue weighted by Gasteiger charge is -2.14. The Kier molecular flexibility index (Phi) is 4.48. The van der Waals surface area contributed by atoms with Crippen LogP contribution in [0.3, 0.4) is 0 Å². The summed E-state index contributed by atoms with van der Waals surface area (Å²) in [6.45, 7) is 4.80. The number of nitro groups is 1. The number of benzene rings is 1. The van der Waals surface area contributed by atoms with Crippen molar-refractivity contribution in [2.75, 3.05) is 6.61 Å². The van der Waals surface area contributed by atoms with Gasteiger partial charge in [-0.3, -0.25) is 10.1 Å². The number of hydrogen-bond acceptors (Lipinski definition) is 9. The highest BCUT2D eigenvalue weighted by Crippen LogP contribution is 2.43. The Balaban J connectivity index is 2.35. The maximum atomic E-state index is 11.8. The van der Waals surface area contributed by atoms with Crippen LogP contribution in [0.1, 0.15) is 18.3 Å². The molecule has 0 aliphatic carbocycles. The molecule has 0 saturated carbocycles. The van der Waals surface area contributed by atoms with E-state index in [1.54, 1.807) is 32.0 Å². The van der Waals surface area contributed by atoms with Crippen LogP contribution in [0.2, 0.25) is 0 Å². The largest absolute Gasteiger partial charge is 0.513 e. The molecule has 3 aromatic rings. The molecule has 10 heteroatoms. The average Bonchev–Trinajstić information content (AvgIpc) is 3.05. The number of rotatable bonds is 4. The van der Waals surface area contributed by atoms with Gasteiger partial charge in [-0.1, -0.05) is 12.1 Å². The highest BCUT2D eigenvalue weighted by molar-refractivity contribution is 5.97. The summed E-state index contributed by atoms with van der Waals surface area (Å²) in [5, 5.41) is 19.3. The lowest BCUT2D eigenvalue weighted by atomic mass is 9.99. The summed E-state index contributed by atoms with van der Waals surface area (Å²) < 4.78 is 14.8. The van der Waals surface area contributed by atoms with Gasteiger partial charge in [-0.2, -0.15) is 0 Å². The molecule has 0 fully saturated rings. The van der Waals surface area contributed by atoms with Crippen molar-refractivity contribution in [3.63, 3.8) is 0 Å². The number of pyridine rings is 1. The predicted octanol–water partition coefficient (Wildman–Crippen LogP) is 3.35. The predicted molar refractivity (Wildman–Crippen MR) is 88.8 cm³/mol. The summed E-state index contributed by atoms with van der Waals surface area (Å²) in [7, 11) is 0. The van der Waals surface area contributed by atoms with Gasteiger partial charge >= 0.3 is 11.8 Å². The van der Waals surface area contributed by atoms with Gasteiger partial charge in [-0.05, 0) is 37.2 Å². The standard InChI is InChI=1S/C16H14N4O6/c1-4-24-16(21)25-15-9(3)17-8(2)14(20(22)23)12(15)10-6-5-7-11-13(10)19-26-18-11/h5-7H,4H2,1-3H3. The molecule has 10 nitrogen and oxygen atoms in total. The molecule has 0 amide bonds. The summed E-state index contributed by atoms with van der Waals surface area (Å²) in [5.74, 6) is -0.0729. The molecule has 2 heterocycles. The molecular weight excluding hydrogens is 344 g/mol. The van der Waals surface area contributed by atoms with E-state index in [-0.39, 0.29) is 29.3 Å². The average molecular weight is 358 g/mol. The Hall–Kier alpha value is -3.56. The van der Waals surface area contributed by atoms with E-state index in [9.17, 15) is 14.9 Å². The van der Waals surface area contributed by atoms with Crippen molar-refractivity contribution in [2.24, 2.45) is 0 Å². The van der Waals surface area contributed by atoms with Crippen LogP contribution in [0.5, 0.6) is 5.75 Å². The second-order valence-corrected chi connectivity index (χ2v) is 5.32. The maximum absolute atomic E-state index is 11.8. The Morgan fingerprint density at radius 1 is 1.27 bits per heavy atom. The molecule has 0 bridgehead atoms. The first kappa shape index (κ1) is 17.3. The van der Waals surface area contributed by atoms with Crippen LogP contribution < -0.4 is 4.74 Å². The Morgan fingerprint density at radius 2 is 2.04 bits per heavy atom. The van der Waals surface area contributed by atoms with Gasteiger partial charge < -0.3 is 9.47 Å². The number of nitrogens with zero attached hydrogens (tertiary/aromatic N) is 4. The zero-order valence-electron chi connectivity index (χ0n) is 14.2. The molecule has 26 heavy (non-hydrogen) atoms. The van der Waals surface area contributed by atoms with Gasteiger partial charge in [0.15, 0.2) is 5.75 Å². The Morgan fingerprint density at radius 3 is 2.73 bits per heavy atom. The topological polar surface area (TPSA) is 130 Å². The fourth-order valence-corrected chi connectivity index (χ4v) is 2.66. The van der Waals surface area contributed by atoms with Gasteiger partial charge in [-0.25, -0.2) is 14.4 Å². The van der Waals surface area contributed by atoms with Crippen LogP contribution in [-0.4, -0.2) is 33.0 Å². The number of fused-ring (bicyclic) bond motifs is 1. The van der Waals surface area contributed by atoms with Crippen LogP contribution in [-0.2, 0) is 4.74 Å². The summed E-state index contributed by atoms with van der Waals surface area (Å²) in [5.41, 5.74) is 1.28. The first-order valence-electron chi connectivity index (χ1n) is 7.65. The van der Waals surface area contributed by atoms with E-state index in [0.717, 1.165) is 0 Å². The van der Waals surface area contributed by atoms with Crippen molar-refractivity contribution < 1.29 is 23.8 Å². The van der Waals surface area contributed by atoms with Crippen molar-refractivity contribution in [1.82, 2.24) is 15.3 Å². The van der Waals surface area contributed by atoms with Gasteiger partial charge in [0.25, 0.3) is 0 Å². The van der Waals surface area contributed by atoms with Crippen LogP contribution in [0, 0.1) is 24.0 Å². The molecule has 0 aliphatic rings. The highest BCUT2D eigenvalue weighted by Gasteiger charge is 2.30. The van der Waals surface area contributed by atoms with Gasteiger partial charge in [0, 0.05) is 5.56 Å². The third-order valence-corrected chi connectivity index (χ3v) is 3.66. The zero-order valence-corrected chi connectivity index (χ0v) is 14.2. The van der Waals surface area contributed by atoms with Crippen LogP contribution in [0.25, 0.3) is 22.2 Å². The SMILES string of the molecule is CCOC(=O)Oc1c(C)nc(C)c([N+](=O)[O-])c1-c1cccc2nonc12. The molecule has 0 saturated heterocycles. The molecule has 1 aromatic carbocycles. The Bertz CT molecular complexity index is 1010. The normalized spacial score (nSPS) is 10.7. The van der Waals surface area contributed by atoms with Gasteiger partial charge in [0.1, 0.15) is 22.3 Å². The van der Waals surface area contributed by atoms with Gasteiger partial charge in [0.05, 0.1) is 17.2 Å². The third-order valence-electron chi connectivity index (χ3n) is 3.66. The zero-order chi connectivity index (χ0) is 18.8. The van der Waals surface area contributed by atoms with Crippen LogP contribution >= 0.6 is 0 Å². The van der Waals surface area contributed by atoms with E-state index in [4.69, 9.17) is 14.1 Å². The van der Waals surface area contributed by atoms with E-state index in [1.807, 2.05) is 0 Å². The smallest absolute Gasteiger partial charge is 0.434 e. The third kappa shape index (κ3) is 2.92. The summed E-state index contributed by atoms with van der Waals surface area (Å²) >= 11 is 0. The Labute approximate surface area is 146 Å². The second-order valence-electron chi connectivity index (χ2n) is 5.32. The minimum atomic E-state index is -0.984. The molecule has 0 aliphatic heterocycles. The quantitative estimate of drug-likeness (QED) is 0.391. The van der Waals surface area contributed by atoms with E-state index < -0.39 is 11.1 Å². The number of hydrogen-bond donors (Lipinski definition) is 0. The van der Waals surface area contributed by atoms with Crippen molar-refractivity contribution in [2.45, 2.75) is 20.8 Å². The fraction of sp³-hybridized carbons (Fsp3) is 0.250. The molecule has 0 spiro atoms. The highest BCUT2D eigenvalue weighted by atomic mass is 16.7. The minimum Gasteiger partial charge on any atom is -0.434 e. The molecular formula is C16H14N4O6. The van der Waals surface area contributed by atoms with Crippen LogP contribution in [0.15, 0.2) is 22.8 Å². The number of aryl methyl sites for hydroxylation is 2. The molecule has 3 rings (SSSR count). The molecule has 0 radical (unpaired) electrons. The summed E-state index contributed by atoms with van der Waals surface area (Å²) in [4.78, 5) is 27.1. The molecule has 0 atom stereocenters. The van der Waals surface area contributed by atoms with Crippen molar-refractivity contribution in [1.29, 1.82) is 0 Å². The van der Waals surface area contributed by atoms with E-state index in [0.29, 0.717) is 22.3 Å². The van der Waals surface area contributed by atoms with Crippen molar-refractivity contribution >= 4 is 22.9 Å². The second kappa shape index (κ2) is 6.75. The van der Waals surface area contributed by atoms with Crippen molar-refractivity contribution in [3.05, 3.63) is 39.7 Å². The monoisotopic (exact) mass is 358 g/mol. The molecule has 134 valence electrons. The first-order valence-corrected chi connectivity index (χ1v) is 7.65. The number of ether oxygens (including phenoxy) is 2. The summed E-state index contributed by atoms with van der Waals surface area (Å²) in [6.07, 6.45) is -0.984. The molecule has 0 N–H and O–H groups in total. The summed E-state index contributed by atoms with van der Waals surface area (Å²) in [6, 6.07) is 4.89. The number of aromatic nitrogens is 3.